The normalized spacial score (nSPS) is 12.3. The summed E-state index contributed by atoms with van der Waals surface area (Å²) in [5.74, 6) is -1.86. The third kappa shape index (κ3) is 4.70. The number of carbonyl (C=O) groups excluding carboxylic acids is 1. The van der Waals surface area contributed by atoms with Gasteiger partial charge in [-0.15, -0.1) is 0 Å². The SMILES string of the molecule is CN(CCCC(=O)O)C(=O)c1cnn(C(C)(C)C)c1C(F)(F)F. The van der Waals surface area contributed by atoms with Crippen LogP contribution in [0.4, 0.5) is 13.2 Å². The number of carbonyl (C=O) groups is 2. The Kier molecular flexibility index (Phi) is 5.44. The first-order valence-corrected chi connectivity index (χ1v) is 6.98. The van der Waals surface area contributed by atoms with E-state index in [1.165, 1.54) is 7.05 Å². The van der Waals surface area contributed by atoms with Gasteiger partial charge in [-0.05, 0) is 27.2 Å². The first kappa shape index (κ1) is 19.0. The molecule has 1 N–H and O–H groups in total. The molecule has 1 heterocycles. The van der Waals surface area contributed by atoms with Gasteiger partial charge in [-0.25, -0.2) is 0 Å². The highest BCUT2D eigenvalue weighted by Crippen LogP contribution is 2.35. The van der Waals surface area contributed by atoms with Gasteiger partial charge in [-0.1, -0.05) is 0 Å². The molecule has 1 rings (SSSR count). The summed E-state index contributed by atoms with van der Waals surface area (Å²) in [6.07, 6.45) is -3.82. The Morgan fingerprint density at radius 1 is 1.30 bits per heavy atom. The zero-order valence-electron chi connectivity index (χ0n) is 13.4. The number of hydrogen-bond acceptors (Lipinski definition) is 3. The summed E-state index contributed by atoms with van der Waals surface area (Å²) < 4.78 is 40.8. The molecule has 0 aliphatic carbocycles. The summed E-state index contributed by atoms with van der Waals surface area (Å²) >= 11 is 0. The maximum absolute atomic E-state index is 13.3. The maximum atomic E-state index is 13.3. The zero-order valence-corrected chi connectivity index (χ0v) is 13.4. The summed E-state index contributed by atoms with van der Waals surface area (Å²) in [7, 11) is 1.33. The second-order valence-electron chi connectivity index (χ2n) is 6.21. The molecule has 6 nitrogen and oxygen atoms in total. The molecule has 0 radical (unpaired) electrons. The Balaban J connectivity index is 3.10. The Bertz CT molecular complexity index is 588. The average Bonchev–Trinajstić information content (AvgIpc) is 2.81. The van der Waals surface area contributed by atoms with Crippen LogP contribution in [0, 0.1) is 0 Å². The van der Waals surface area contributed by atoms with Crippen LogP contribution in [-0.4, -0.2) is 45.3 Å². The molecule has 9 heteroatoms. The molecule has 130 valence electrons. The molecule has 1 aromatic rings. The lowest BCUT2D eigenvalue weighted by Crippen LogP contribution is -2.33. The van der Waals surface area contributed by atoms with Crippen molar-refractivity contribution in [3.8, 4) is 0 Å². The van der Waals surface area contributed by atoms with Gasteiger partial charge in [0, 0.05) is 20.0 Å². The van der Waals surface area contributed by atoms with Crippen molar-refractivity contribution >= 4 is 11.9 Å². The van der Waals surface area contributed by atoms with Gasteiger partial charge in [0.1, 0.15) is 0 Å². The molecule has 0 atom stereocenters. The van der Waals surface area contributed by atoms with Crippen LogP contribution in [0.15, 0.2) is 6.20 Å². The lowest BCUT2D eigenvalue weighted by molar-refractivity contribution is -0.146. The summed E-state index contributed by atoms with van der Waals surface area (Å²) in [5, 5.41) is 12.3. The van der Waals surface area contributed by atoms with Crippen molar-refractivity contribution in [2.24, 2.45) is 0 Å². The first-order valence-electron chi connectivity index (χ1n) is 6.98. The maximum Gasteiger partial charge on any atom is 0.433 e. The summed E-state index contributed by atoms with van der Waals surface area (Å²) in [4.78, 5) is 23.8. The molecule has 0 fully saturated rings. The van der Waals surface area contributed by atoms with Crippen molar-refractivity contribution in [3.05, 3.63) is 17.5 Å². The second kappa shape index (κ2) is 6.59. The zero-order chi connectivity index (χ0) is 18.0. The Labute approximate surface area is 131 Å². The van der Waals surface area contributed by atoms with E-state index >= 15 is 0 Å². The highest BCUT2D eigenvalue weighted by molar-refractivity contribution is 5.95. The number of alkyl halides is 3. The highest BCUT2D eigenvalue weighted by Gasteiger charge is 2.42. The smallest absolute Gasteiger partial charge is 0.433 e. The van der Waals surface area contributed by atoms with Crippen LogP contribution < -0.4 is 0 Å². The number of amides is 1. The fraction of sp³-hybridized carbons (Fsp3) is 0.643. The van der Waals surface area contributed by atoms with Crippen molar-refractivity contribution in [2.45, 2.75) is 45.3 Å². The van der Waals surface area contributed by atoms with Crippen LogP contribution in [-0.2, 0) is 16.5 Å². The highest BCUT2D eigenvalue weighted by atomic mass is 19.4. The van der Waals surface area contributed by atoms with E-state index in [1.807, 2.05) is 0 Å². The van der Waals surface area contributed by atoms with Gasteiger partial charge < -0.3 is 10.0 Å². The van der Waals surface area contributed by atoms with Gasteiger partial charge in [0.2, 0.25) is 0 Å². The molecule has 0 saturated heterocycles. The average molecular weight is 335 g/mol. The monoisotopic (exact) mass is 335 g/mol. The molecule has 0 aliphatic rings. The molecular weight excluding hydrogens is 315 g/mol. The third-order valence-electron chi connectivity index (χ3n) is 3.13. The minimum Gasteiger partial charge on any atom is -0.481 e. The minimum atomic E-state index is -4.73. The number of aromatic nitrogens is 2. The Morgan fingerprint density at radius 2 is 1.87 bits per heavy atom. The second-order valence-corrected chi connectivity index (χ2v) is 6.21. The molecule has 0 spiro atoms. The minimum absolute atomic E-state index is 0.0448. The van der Waals surface area contributed by atoms with Crippen molar-refractivity contribution < 1.29 is 27.9 Å². The number of aliphatic carboxylic acids is 1. The van der Waals surface area contributed by atoms with Gasteiger partial charge >= 0.3 is 12.1 Å². The predicted molar refractivity (Wildman–Crippen MR) is 76.1 cm³/mol. The molecule has 0 bridgehead atoms. The van der Waals surface area contributed by atoms with Crippen LogP contribution in [0.1, 0.15) is 49.7 Å². The van der Waals surface area contributed by atoms with Gasteiger partial charge in [0.15, 0.2) is 5.69 Å². The van der Waals surface area contributed by atoms with E-state index < -0.39 is 34.8 Å². The van der Waals surface area contributed by atoms with Crippen molar-refractivity contribution in [3.63, 3.8) is 0 Å². The van der Waals surface area contributed by atoms with E-state index in [2.05, 4.69) is 5.10 Å². The topological polar surface area (TPSA) is 75.4 Å². The molecule has 0 aliphatic heterocycles. The molecule has 0 aromatic carbocycles. The summed E-state index contributed by atoms with van der Waals surface area (Å²) in [6, 6.07) is 0. The lowest BCUT2D eigenvalue weighted by Gasteiger charge is -2.24. The fourth-order valence-electron chi connectivity index (χ4n) is 2.06. The molecular formula is C14H20F3N3O3. The van der Waals surface area contributed by atoms with Gasteiger partial charge in [0.25, 0.3) is 5.91 Å². The van der Waals surface area contributed by atoms with Crippen LogP contribution in [0.2, 0.25) is 0 Å². The van der Waals surface area contributed by atoms with Gasteiger partial charge in [-0.3, -0.25) is 14.3 Å². The molecule has 0 saturated carbocycles. The van der Waals surface area contributed by atoms with Crippen molar-refractivity contribution in [2.75, 3.05) is 13.6 Å². The largest absolute Gasteiger partial charge is 0.481 e. The Hall–Kier alpha value is -2.06. The number of carboxylic acid groups (broad SMARTS) is 1. The van der Waals surface area contributed by atoms with Crippen molar-refractivity contribution in [1.29, 1.82) is 0 Å². The molecule has 0 unspecified atom stereocenters. The van der Waals surface area contributed by atoms with E-state index in [4.69, 9.17) is 5.11 Å². The van der Waals surface area contributed by atoms with Crippen LogP contribution in [0.3, 0.4) is 0 Å². The quantitative estimate of drug-likeness (QED) is 0.897. The Morgan fingerprint density at radius 3 is 2.30 bits per heavy atom. The van der Waals surface area contributed by atoms with E-state index in [0.717, 1.165) is 15.8 Å². The van der Waals surface area contributed by atoms with Crippen molar-refractivity contribution in [1.82, 2.24) is 14.7 Å². The van der Waals surface area contributed by atoms with E-state index in [1.54, 1.807) is 20.8 Å². The van der Waals surface area contributed by atoms with E-state index in [0.29, 0.717) is 0 Å². The third-order valence-corrected chi connectivity index (χ3v) is 3.13. The summed E-state index contributed by atoms with van der Waals surface area (Å²) in [5.41, 5.74) is -2.57. The standard InChI is InChI=1S/C14H20F3N3O3/c1-13(2,3)20-11(14(15,16)17)9(8-18-20)12(23)19(4)7-5-6-10(21)22/h8H,5-7H2,1-4H3,(H,21,22). The van der Waals surface area contributed by atoms with Gasteiger partial charge in [0.05, 0.1) is 17.3 Å². The number of halogens is 3. The van der Waals surface area contributed by atoms with Crippen LogP contribution in [0.25, 0.3) is 0 Å². The first-order chi connectivity index (χ1) is 10.4. The number of hydrogen-bond donors (Lipinski definition) is 1. The molecule has 1 aromatic heterocycles. The number of rotatable bonds is 5. The van der Waals surface area contributed by atoms with Crippen LogP contribution >= 0.6 is 0 Å². The lowest BCUT2D eigenvalue weighted by atomic mass is 10.1. The van der Waals surface area contributed by atoms with E-state index in [-0.39, 0.29) is 19.4 Å². The molecule has 1 amide bonds. The molecule has 23 heavy (non-hydrogen) atoms. The van der Waals surface area contributed by atoms with E-state index in [9.17, 15) is 22.8 Å². The van der Waals surface area contributed by atoms with Crippen LogP contribution in [0.5, 0.6) is 0 Å². The number of carboxylic acids is 1. The number of nitrogens with zero attached hydrogens (tertiary/aromatic N) is 3. The summed E-state index contributed by atoms with van der Waals surface area (Å²) in [6.45, 7) is 4.71. The predicted octanol–water partition coefficient (Wildman–Crippen LogP) is 2.59. The van der Waals surface area contributed by atoms with Gasteiger partial charge in [-0.2, -0.15) is 18.3 Å². The fourth-order valence-corrected chi connectivity index (χ4v) is 2.06.